The molecule has 0 saturated carbocycles. The van der Waals surface area contributed by atoms with Crippen LogP contribution in [0.15, 0.2) is 60.8 Å². The fraction of sp³-hybridized carbons (Fsp3) is 0.0556. The second-order valence-corrected chi connectivity index (χ2v) is 4.97. The topological polar surface area (TPSA) is 48.1 Å². The summed E-state index contributed by atoms with van der Waals surface area (Å²) in [6, 6.07) is 16.0. The monoisotopic (exact) mass is 484 g/mol. The van der Waals surface area contributed by atoms with Gasteiger partial charge in [0.15, 0.2) is 0 Å². The number of pyridine rings is 1. The number of hydrogen-bond donors (Lipinski definition) is 1. The van der Waals surface area contributed by atoms with Crippen molar-refractivity contribution in [3.63, 3.8) is 0 Å². The molecule has 24 heavy (non-hydrogen) atoms. The Morgan fingerprint density at radius 1 is 1.04 bits per heavy atom. The number of rotatable bonds is 3. The molecule has 0 radical (unpaired) electrons. The molecule has 1 heterocycles. The second kappa shape index (κ2) is 9.01. The Morgan fingerprint density at radius 2 is 1.71 bits per heavy atom. The average Bonchev–Trinajstić information content (AvgIpc) is 2.61. The fourth-order valence-corrected chi connectivity index (χ4v) is 2.18. The number of nitrogens with two attached hydrogens (primary N) is 1. The van der Waals surface area contributed by atoms with Crippen LogP contribution in [0.4, 0.5) is 10.2 Å². The zero-order chi connectivity index (χ0) is 17.5. The van der Waals surface area contributed by atoms with Crippen LogP contribution < -0.4 is 10.5 Å². The fourth-order valence-electron chi connectivity index (χ4n) is 2.18. The van der Waals surface area contributed by atoms with Crippen LogP contribution >= 0.6 is 20.3 Å². The van der Waals surface area contributed by atoms with Gasteiger partial charge in [0.2, 0.25) is 0 Å². The molecule has 2 aromatic carbocycles. The minimum atomic E-state index is -0.241. The van der Waals surface area contributed by atoms with Crippen LogP contribution in [0.3, 0.4) is 0 Å². The first-order chi connectivity index (χ1) is 11.6. The van der Waals surface area contributed by atoms with E-state index in [1.807, 2.05) is 36.4 Å². The summed E-state index contributed by atoms with van der Waals surface area (Å²) in [5, 5.41) is 0. The number of nitrogen functional groups attached to an aromatic ring is 1. The van der Waals surface area contributed by atoms with Crippen molar-refractivity contribution in [3.8, 4) is 22.6 Å². The maximum atomic E-state index is 13.2. The number of benzene rings is 2. The number of aromatic nitrogens is 1. The molecule has 0 amide bonds. The van der Waals surface area contributed by atoms with Crippen LogP contribution in [-0.4, -0.2) is 4.98 Å². The Balaban J connectivity index is 0.00000100. The SMILES string of the molecule is Cc1cc(Oc2ccc(-c3cccnc3N)cc2)ccc1F.[Cu][I]. The molecule has 0 saturated heterocycles. The van der Waals surface area contributed by atoms with E-state index in [4.69, 9.17) is 10.5 Å². The predicted molar refractivity (Wildman–Crippen MR) is 99.3 cm³/mol. The van der Waals surface area contributed by atoms with Crippen LogP contribution in [0.25, 0.3) is 11.1 Å². The number of nitrogens with zero attached hydrogens (tertiary/aromatic N) is 1. The third kappa shape index (κ3) is 4.69. The van der Waals surface area contributed by atoms with Gasteiger partial charge in [-0.15, -0.1) is 0 Å². The summed E-state index contributed by atoms with van der Waals surface area (Å²) in [6.07, 6.45) is 1.66. The summed E-state index contributed by atoms with van der Waals surface area (Å²) in [6.45, 7) is 1.70. The van der Waals surface area contributed by atoms with Crippen molar-refractivity contribution in [2.24, 2.45) is 0 Å². The molecule has 0 aliphatic heterocycles. The average molecular weight is 485 g/mol. The zero-order valence-electron chi connectivity index (χ0n) is 12.8. The molecule has 6 heteroatoms. The van der Waals surface area contributed by atoms with Gasteiger partial charge in [0, 0.05) is 11.8 Å². The second-order valence-electron chi connectivity index (χ2n) is 4.97. The van der Waals surface area contributed by atoms with Gasteiger partial charge in [0.25, 0.3) is 0 Å². The Morgan fingerprint density at radius 3 is 2.33 bits per heavy atom. The predicted octanol–water partition coefficient (Wildman–Crippen LogP) is 5.45. The van der Waals surface area contributed by atoms with Gasteiger partial charge in [-0.25, -0.2) is 9.37 Å². The van der Waals surface area contributed by atoms with Gasteiger partial charge in [0.05, 0.1) is 0 Å². The summed E-state index contributed by atoms with van der Waals surface area (Å²) in [5.41, 5.74) is 8.27. The molecule has 2 N–H and O–H groups in total. The van der Waals surface area contributed by atoms with Crippen molar-refractivity contribution in [1.82, 2.24) is 4.98 Å². The van der Waals surface area contributed by atoms with Gasteiger partial charge in [0.1, 0.15) is 23.1 Å². The Kier molecular flexibility index (Phi) is 7.02. The number of hydrogen-bond acceptors (Lipinski definition) is 3. The molecule has 0 bridgehead atoms. The van der Waals surface area contributed by atoms with Crippen LogP contribution in [-0.2, 0) is 12.8 Å². The van der Waals surface area contributed by atoms with Crippen molar-refractivity contribution >= 4 is 26.2 Å². The van der Waals surface area contributed by atoms with Crippen molar-refractivity contribution in [1.29, 1.82) is 0 Å². The third-order valence-corrected chi connectivity index (χ3v) is 3.37. The van der Waals surface area contributed by atoms with Crippen LogP contribution in [0.5, 0.6) is 11.5 Å². The Bertz CT molecular complexity index is 812. The van der Waals surface area contributed by atoms with E-state index in [0.717, 1.165) is 11.1 Å². The molecule has 0 spiro atoms. The van der Waals surface area contributed by atoms with Gasteiger partial charge in [-0.05, 0) is 60.5 Å². The van der Waals surface area contributed by atoms with Gasteiger partial charge in [-0.2, -0.15) is 0 Å². The van der Waals surface area contributed by atoms with Crippen molar-refractivity contribution in [3.05, 3.63) is 72.2 Å². The van der Waals surface area contributed by atoms with Gasteiger partial charge in [-0.3, -0.25) is 0 Å². The summed E-state index contributed by atoms with van der Waals surface area (Å²) < 4.78 is 19.0. The summed E-state index contributed by atoms with van der Waals surface area (Å²) in [7, 11) is 0. The minimum absolute atomic E-state index is 0.241. The molecule has 0 fully saturated rings. The number of ether oxygens (including phenoxy) is 1. The van der Waals surface area contributed by atoms with E-state index < -0.39 is 0 Å². The Labute approximate surface area is 160 Å². The van der Waals surface area contributed by atoms with E-state index in [1.54, 1.807) is 45.6 Å². The van der Waals surface area contributed by atoms with Gasteiger partial charge >= 0.3 is 33.1 Å². The normalized spacial score (nSPS) is 9.88. The first-order valence-electron chi connectivity index (χ1n) is 7.00. The summed E-state index contributed by atoms with van der Waals surface area (Å²) >= 11 is 5.87. The maximum absolute atomic E-state index is 13.2. The molecule has 3 nitrogen and oxygen atoms in total. The van der Waals surface area contributed by atoms with E-state index in [0.29, 0.717) is 22.9 Å². The van der Waals surface area contributed by atoms with Crippen molar-refractivity contribution in [2.75, 3.05) is 5.73 Å². The quantitative estimate of drug-likeness (QED) is 0.397. The van der Waals surface area contributed by atoms with Gasteiger partial charge < -0.3 is 10.5 Å². The molecule has 0 unspecified atom stereocenters. The molecule has 3 rings (SSSR count). The molecule has 0 aliphatic carbocycles. The standard InChI is InChI=1S/C18H15FN2O.Cu.HI/c1-12-11-15(8-9-17(12)19)22-14-6-4-13(5-7-14)16-3-2-10-21-18(16)20;;/h2-11H,1H3,(H2,20,21);;1H/q;+1;/p-1. The molecule has 128 valence electrons. The van der Waals surface area contributed by atoms with E-state index >= 15 is 0 Å². The first-order valence-corrected chi connectivity index (χ1v) is 10.0. The van der Waals surface area contributed by atoms with Crippen LogP contribution in [0, 0.1) is 12.7 Å². The molecule has 0 atom stereocenters. The number of anilines is 1. The van der Waals surface area contributed by atoms with E-state index in [9.17, 15) is 4.39 Å². The van der Waals surface area contributed by atoms with Crippen molar-refractivity contribution in [2.45, 2.75) is 6.92 Å². The summed E-state index contributed by atoms with van der Waals surface area (Å²) in [5.74, 6) is 1.53. The van der Waals surface area contributed by atoms with Gasteiger partial charge in [-0.1, -0.05) is 12.1 Å². The van der Waals surface area contributed by atoms with Crippen LogP contribution in [0.2, 0.25) is 0 Å². The molecule has 3 aromatic rings. The first kappa shape index (κ1) is 18.7. The van der Waals surface area contributed by atoms with Crippen molar-refractivity contribution < 1.29 is 21.9 Å². The zero-order valence-corrected chi connectivity index (χ0v) is 15.9. The number of halogens is 2. The molecular weight excluding hydrogens is 470 g/mol. The van der Waals surface area contributed by atoms with E-state index in [-0.39, 0.29) is 5.82 Å². The third-order valence-electron chi connectivity index (χ3n) is 3.37. The molecule has 0 aliphatic rings. The summed E-state index contributed by atoms with van der Waals surface area (Å²) in [4.78, 5) is 4.07. The molecular formula is C18H15CuFIN2O. The van der Waals surface area contributed by atoms with Crippen LogP contribution in [0.1, 0.15) is 5.56 Å². The number of aryl methyl sites for hydroxylation is 1. The van der Waals surface area contributed by atoms with E-state index in [2.05, 4.69) is 17.7 Å². The Hall–Kier alpha value is -1.63. The molecule has 1 aromatic heterocycles. The van der Waals surface area contributed by atoms with E-state index in [1.165, 1.54) is 6.07 Å².